The summed E-state index contributed by atoms with van der Waals surface area (Å²) in [5, 5.41) is 12.4. The van der Waals surface area contributed by atoms with E-state index in [0.717, 1.165) is 48.7 Å². The molecule has 0 aliphatic heterocycles. The summed E-state index contributed by atoms with van der Waals surface area (Å²) in [6.45, 7) is 9.56. The van der Waals surface area contributed by atoms with Crippen LogP contribution >= 0.6 is 0 Å². The molecular formula is C26H41N5O. The highest BCUT2D eigenvalue weighted by Crippen LogP contribution is 2.39. The number of carbonyl (C=O) groups excluding carboxylic acids is 1. The molecule has 0 radical (unpaired) electrons. The molecule has 1 aromatic heterocycles. The van der Waals surface area contributed by atoms with Crippen LogP contribution in [0.1, 0.15) is 87.1 Å². The van der Waals surface area contributed by atoms with Crippen LogP contribution in [0, 0.1) is 19.8 Å². The normalized spacial score (nSPS) is 14.9. The van der Waals surface area contributed by atoms with E-state index in [9.17, 15) is 4.79 Å². The van der Waals surface area contributed by atoms with Gasteiger partial charge in [-0.2, -0.15) is 0 Å². The Balaban J connectivity index is 1.77. The highest BCUT2D eigenvalue weighted by atomic mass is 16.1. The van der Waals surface area contributed by atoms with E-state index in [2.05, 4.69) is 65.9 Å². The van der Waals surface area contributed by atoms with Crippen molar-refractivity contribution in [1.82, 2.24) is 19.7 Å². The topological polar surface area (TPSA) is 63.1 Å². The second-order valence-corrected chi connectivity index (χ2v) is 10.2. The Bertz CT molecular complexity index is 898. The lowest BCUT2D eigenvalue weighted by molar-refractivity contribution is -0.116. The van der Waals surface area contributed by atoms with Gasteiger partial charge in [-0.3, -0.25) is 4.79 Å². The maximum absolute atomic E-state index is 13.0. The van der Waals surface area contributed by atoms with Crippen molar-refractivity contribution in [1.29, 1.82) is 0 Å². The molecule has 1 N–H and O–H groups in total. The standard InChI is InChI=1S/C26H41N5O/c1-18(2)8-7-9-24-28-29-26(31(24)22-11-12-22)21(14-15-30(5)6)17-25(32)27-23-13-10-19(3)16-20(23)4/h10,13,16,18,21-22H,7-9,11-12,14-15,17H2,1-6H3,(H,27,32). The average Bonchev–Trinajstić information content (AvgIpc) is 3.47. The van der Waals surface area contributed by atoms with Crippen LogP contribution in [0.3, 0.4) is 0 Å². The molecule has 176 valence electrons. The van der Waals surface area contributed by atoms with E-state index >= 15 is 0 Å². The van der Waals surface area contributed by atoms with Gasteiger partial charge in [-0.1, -0.05) is 38.0 Å². The number of hydrogen-bond acceptors (Lipinski definition) is 4. The Kier molecular flexibility index (Phi) is 8.46. The Morgan fingerprint density at radius 2 is 1.94 bits per heavy atom. The van der Waals surface area contributed by atoms with Crippen molar-refractivity contribution in [3.8, 4) is 0 Å². The van der Waals surface area contributed by atoms with Gasteiger partial charge in [0.25, 0.3) is 0 Å². The lowest BCUT2D eigenvalue weighted by Gasteiger charge is -2.20. The van der Waals surface area contributed by atoms with Gasteiger partial charge in [0, 0.05) is 30.5 Å². The summed E-state index contributed by atoms with van der Waals surface area (Å²) in [5.74, 6) is 2.92. The molecule has 1 amide bonds. The molecule has 32 heavy (non-hydrogen) atoms. The molecule has 0 bridgehead atoms. The number of nitrogens with zero attached hydrogens (tertiary/aromatic N) is 4. The molecule has 1 heterocycles. The third-order valence-corrected chi connectivity index (χ3v) is 6.26. The second kappa shape index (κ2) is 11.1. The summed E-state index contributed by atoms with van der Waals surface area (Å²) in [6.07, 6.45) is 7.01. The average molecular weight is 440 g/mol. The number of nitrogens with one attached hydrogen (secondary N) is 1. The number of carbonyl (C=O) groups is 1. The molecule has 1 aliphatic carbocycles. The number of rotatable bonds is 12. The monoisotopic (exact) mass is 439 g/mol. The van der Waals surface area contributed by atoms with Crippen LogP contribution in [0.15, 0.2) is 18.2 Å². The fraction of sp³-hybridized carbons (Fsp3) is 0.654. The zero-order chi connectivity index (χ0) is 23.3. The van der Waals surface area contributed by atoms with E-state index in [0.29, 0.717) is 18.4 Å². The van der Waals surface area contributed by atoms with Crippen molar-refractivity contribution < 1.29 is 4.79 Å². The minimum Gasteiger partial charge on any atom is -0.326 e. The molecule has 1 saturated carbocycles. The first kappa shape index (κ1) is 24.4. The number of benzene rings is 1. The maximum atomic E-state index is 13.0. The number of aryl methyl sites for hydroxylation is 3. The zero-order valence-electron chi connectivity index (χ0n) is 20.8. The van der Waals surface area contributed by atoms with Gasteiger partial charge in [-0.05, 0) is 77.7 Å². The number of hydrogen-bond donors (Lipinski definition) is 1. The first-order valence-corrected chi connectivity index (χ1v) is 12.2. The van der Waals surface area contributed by atoms with Crippen LogP contribution in [0.4, 0.5) is 5.69 Å². The van der Waals surface area contributed by atoms with Crippen LogP contribution in [-0.4, -0.2) is 46.2 Å². The highest BCUT2D eigenvalue weighted by molar-refractivity contribution is 5.92. The summed E-state index contributed by atoms with van der Waals surface area (Å²) in [5.41, 5.74) is 3.19. The number of anilines is 1. The molecule has 0 saturated heterocycles. The number of amides is 1. The van der Waals surface area contributed by atoms with E-state index in [1.165, 1.54) is 24.8 Å². The smallest absolute Gasteiger partial charge is 0.225 e. The predicted octanol–water partition coefficient (Wildman–Crippen LogP) is 5.27. The maximum Gasteiger partial charge on any atom is 0.225 e. The Labute approximate surface area is 193 Å². The molecule has 0 spiro atoms. The molecule has 1 unspecified atom stereocenters. The molecule has 6 heteroatoms. The summed E-state index contributed by atoms with van der Waals surface area (Å²) in [4.78, 5) is 15.2. The summed E-state index contributed by atoms with van der Waals surface area (Å²) >= 11 is 0. The van der Waals surface area contributed by atoms with Crippen molar-refractivity contribution in [2.24, 2.45) is 5.92 Å². The van der Waals surface area contributed by atoms with Crippen molar-refractivity contribution in [3.63, 3.8) is 0 Å². The molecule has 2 aromatic rings. The van der Waals surface area contributed by atoms with E-state index in [1.54, 1.807) is 0 Å². The quantitative estimate of drug-likeness (QED) is 0.489. The van der Waals surface area contributed by atoms with Crippen LogP contribution in [0.5, 0.6) is 0 Å². The van der Waals surface area contributed by atoms with Crippen LogP contribution in [-0.2, 0) is 11.2 Å². The Hall–Kier alpha value is -2.21. The first-order valence-electron chi connectivity index (χ1n) is 12.2. The second-order valence-electron chi connectivity index (χ2n) is 10.2. The third kappa shape index (κ3) is 6.89. The summed E-state index contributed by atoms with van der Waals surface area (Å²) in [7, 11) is 4.16. The van der Waals surface area contributed by atoms with E-state index in [1.807, 2.05) is 19.1 Å². The fourth-order valence-corrected chi connectivity index (χ4v) is 4.30. The predicted molar refractivity (Wildman–Crippen MR) is 131 cm³/mol. The summed E-state index contributed by atoms with van der Waals surface area (Å²) < 4.78 is 2.38. The van der Waals surface area contributed by atoms with Crippen molar-refractivity contribution >= 4 is 11.6 Å². The van der Waals surface area contributed by atoms with Gasteiger partial charge in [-0.25, -0.2) is 0 Å². The third-order valence-electron chi connectivity index (χ3n) is 6.26. The van der Waals surface area contributed by atoms with Crippen LogP contribution in [0.2, 0.25) is 0 Å². The molecule has 1 atom stereocenters. The van der Waals surface area contributed by atoms with E-state index in [4.69, 9.17) is 0 Å². The lowest BCUT2D eigenvalue weighted by Crippen LogP contribution is -2.23. The molecule has 1 aromatic carbocycles. The summed E-state index contributed by atoms with van der Waals surface area (Å²) in [6, 6.07) is 6.65. The van der Waals surface area contributed by atoms with Crippen molar-refractivity contribution in [2.45, 2.75) is 84.6 Å². The van der Waals surface area contributed by atoms with Crippen molar-refractivity contribution in [2.75, 3.05) is 26.0 Å². The van der Waals surface area contributed by atoms with E-state index < -0.39 is 0 Å². The fourth-order valence-electron chi connectivity index (χ4n) is 4.30. The number of aromatic nitrogens is 3. The van der Waals surface area contributed by atoms with Gasteiger partial charge >= 0.3 is 0 Å². The molecule has 1 fully saturated rings. The van der Waals surface area contributed by atoms with Gasteiger partial charge < -0.3 is 14.8 Å². The van der Waals surface area contributed by atoms with Crippen LogP contribution < -0.4 is 5.32 Å². The molecule has 1 aliphatic rings. The van der Waals surface area contributed by atoms with Gasteiger partial charge in [0.1, 0.15) is 11.6 Å². The van der Waals surface area contributed by atoms with E-state index in [-0.39, 0.29) is 11.8 Å². The SMILES string of the molecule is Cc1ccc(NC(=O)CC(CCN(C)C)c2nnc(CCCC(C)C)n2C2CC2)c(C)c1. The highest BCUT2D eigenvalue weighted by Gasteiger charge is 2.32. The lowest BCUT2D eigenvalue weighted by atomic mass is 9.98. The molecular weight excluding hydrogens is 398 g/mol. The Morgan fingerprint density at radius 3 is 2.56 bits per heavy atom. The van der Waals surface area contributed by atoms with Crippen molar-refractivity contribution in [3.05, 3.63) is 41.0 Å². The molecule has 6 nitrogen and oxygen atoms in total. The molecule has 3 rings (SSSR count). The first-order chi connectivity index (χ1) is 15.2. The van der Waals surface area contributed by atoms with Gasteiger partial charge in [0.05, 0.1) is 0 Å². The van der Waals surface area contributed by atoms with Gasteiger partial charge in [0.15, 0.2) is 0 Å². The minimum absolute atomic E-state index is 0.0485. The largest absolute Gasteiger partial charge is 0.326 e. The minimum atomic E-state index is 0.0485. The van der Waals surface area contributed by atoms with Crippen LogP contribution in [0.25, 0.3) is 0 Å². The van der Waals surface area contributed by atoms with Gasteiger partial charge in [0.2, 0.25) is 5.91 Å². The Morgan fingerprint density at radius 1 is 1.19 bits per heavy atom. The van der Waals surface area contributed by atoms with Gasteiger partial charge in [-0.15, -0.1) is 10.2 Å². The zero-order valence-corrected chi connectivity index (χ0v) is 20.8.